The Morgan fingerprint density at radius 2 is 1.81 bits per heavy atom. The van der Waals surface area contributed by atoms with Crippen LogP contribution in [0.25, 0.3) is 5.69 Å². The van der Waals surface area contributed by atoms with Gasteiger partial charge >= 0.3 is 0 Å². The predicted octanol–water partition coefficient (Wildman–Crippen LogP) is 3.22. The lowest BCUT2D eigenvalue weighted by Crippen LogP contribution is -2.32. The maximum Gasteiger partial charge on any atom is 0.218 e. The average Bonchev–Trinajstić information content (AvgIpc) is 3.16. The molecule has 7 nitrogen and oxygen atoms in total. The number of methoxy groups -OCH3 is 1. The van der Waals surface area contributed by atoms with Gasteiger partial charge < -0.3 is 4.74 Å². The Kier molecular flexibility index (Phi) is 6.64. The van der Waals surface area contributed by atoms with Crippen LogP contribution in [0.1, 0.15) is 29.4 Å². The number of para-hydroxylation sites is 2. The lowest BCUT2D eigenvalue weighted by molar-refractivity contribution is 0.264. The standard InChI is InChI=1S/C24H30N4O3S/c1-4-27-15-14-22-20(16-27)21(25-28(22)23-12-8-9-13-24(23)31-3)17-26(2)32(29,30)18-19-10-6-5-7-11-19/h5-13H,4,14-18H2,1-3H3. The van der Waals surface area contributed by atoms with Crippen molar-refractivity contribution in [1.29, 1.82) is 0 Å². The fourth-order valence-electron chi connectivity index (χ4n) is 4.15. The normalized spacial score (nSPS) is 14.5. The monoisotopic (exact) mass is 454 g/mol. The number of hydrogen-bond acceptors (Lipinski definition) is 5. The van der Waals surface area contributed by atoms with Crippen molar-refractivity contribution in [2.45, 2.75) is 32.2 Å². The Morgan fingerprint density at radius 1 is 1.09 bits per heavy atom. The minimum absolute atomic E-state index is 0.0270. The van der Waals surface area contributed by atoms with Crippen LogP contribution in [0.15, 0.2) is 54.6 Å². The first-order chi connectivity index (χ1) is 15.4. The third kappa shape index (κ3) is 4.57. The van der Waals surface area contributed by atoms with Crippen molar-refractivity contribution < 1.29 is 13.2 Å². The first-order valence-corrected chi connectivity index (χ1v) is 12.5. The van der Waals surface area contributed by atoms with Crippen LogP contribution >= 0.6 is 0 Å². The van der Waals surface area contributed by atoms with Gasteiger partial charge in [-0.3, -0.25) is 4.90 Å². The molecule has 0 amide bonds. The molecule has 2 aromatic carbocycles. The van der Waals surface area contributed by atoms with E-state index < -0.39 is 10.0 Å². The molecule has 4 rings (SSSR count). The van der Waals surface area contributed by atoms with Gasteiger partial charge in [0, 0.05) is 32.1 Å². The minimum atomic E-state index is -3.48. The van der Waals surface area contributed by atoms with Gasteiger partial charge in [-0.2, -0.15) is 9.40 Å². The molecule has 0 saturated carbocycles. The molecule has 0 fully saturated rings. The Hall–Kier alpha value is -2.68. The number of likely N-dealkylation sites (N-methyl/N-ethyl adjacent to an activating group) is 1. The van der Waals surface area contributed by atoms with Gasteiger partial charge in [-0.05, 0) is 24.2 Å². The molecule has 0 N–H and O–H groups in total. The lowest BCUT2D eigenvalue weighted by Gasteiger charge is -2.27. The number of fused-ring (bicyclic) bond motifs is 1. The Morgan fingerprint density at radius 3 is 2.53 bits per heavy atom. The zero-order valence-corrected chi connectivity index (χ0v) is 19.7. The second kappa shape index (κ2) is 9.44. The van der Waals surface area contributed by atoms with E-state index in [4.69, 9.17) is 9.84 Å². The summed E-state index contributed by atoms with van der Waals surface area (Å²) in [6, 6.07) is 17.1. The van der Waals surface area contributed by atoms with Gasteiger partial charge in [-0.1, -0.05) is 49.4 Å². The second-order valence-corrected chi connectivity index (χ2v) is 10.1. The fraction of sp³-hybridized carbons (Fsp3) is 0.375. The summed E-state index contributed by atoms with van der Waals surface area (Å²) in [6.07, 6.45) is 0.856. The van der Waals surface area contributed by atoms with Crippen LogP contribution in [0, 0.1) is 0 Å². The van der Waals surface area contributed by atoms with E-state index in [1.807, 2.05) is 59.3 Å². The van der Waals surface area contributed by atoms with E-state index >= 15 is 0 Å². The summed E-state index contributed by atoms with van der Waals surface area (Å²) in [5.41, 5.74) is 4.69. The van der Waals surface area contributed by atoms with Gasteiger partial charge in [0.05, 0.1) is 30.8 Å². The van der Waals surface area contributed by atoms with Crippen LogP contribution in [-0.4, -0.2) is 54.7 Å². The van der Waals surface area contributed by atoms with Gasteiger partial charge in [-0.25, -0.2) is 13.1 Å². The number of aromatic nitrogens is 2. The molecule has 3 aromatic rings. The van der Waals surface area contributed by atoms with Gasteiger partial charge in [0.2, 0.25) is 10.0 Å². The molecule has 1 aromatic heterocycles. The summed E-state index contributed by atoms with van der Waals surface area (Å²) in [4.78, 5) is 2.36. The highest BCUT2D eigenvalue weighted by molar-refractivity contribution is 7.88. The Bertz CT molecular complexity index is 1180. The van der Waals surface area contributed by atoms with Crippen LogP contribution in [0.2, 0.25) is 0 Å². The van der Waals surface area contributed by atoms with E-state index in [1.165, 1.54) is 4.31 Å². The van der Waals surface area contributed by atoms with Crippen LogP contribution in [0.4, 0.5) is 0 Å². The van der Waals surface area contributed by atoms with E-state index in [2.05, 4.69) is 11.8 Å². The third-order valence-electron chi connectivity index (χ3n) is 6.02. The average molecular weight is 455 g/mol. The fourth-order valence-corrected chi connectivity index (χ4v) is 5.30. The van der Waals surface area contributed by atoms with E-state index in [0.717, 1.165) is 60.0 Å². The highest BCUT2D eigenvalue weighted by atomic mass is 32.2. The molecule has 0 aliphatic carbocycles. The molecule has 0 atom stereocenters. The van der Waals surface area contributed by atoms with Crippen LogP contribution in [0.3, 0.4) is 0 Å². The number of hydrogen-bond donors (Lipinski definition) is 0. The summed E-state index contributed by atoms with van der Waals surface area (Å²) in [6.45, 7) is 5.04. The quantitative estimate of drug-likeness (QED) is 0.523. The summed E-state index contributed by atoms with van der Waals surface area (Å²) >= 11 is 0. The number of ether oxygens (including phenoxy) is 1. The zero-order valence-electron chi connectivity index (χ0n) is 18.9. The van der Waals surface area contributed by atoms with Crippen molar-refractivity contribution in [1.82, 2.24) is 19.0 Å². The molecule has 32 heavy (non-hydrogen) atoms. The number of rotatable bonds is 8. The van der Waals surface area contributed by atoms with E-state index in [-0.39, 0.29) is 12.3 Å². The van der Waals surface area contributed by atoms with Crippen molar-refractivity contribution in [3.63, 3.8) is 0 Å². The summed E-state index contributed by atoms with van der Waals surface area (Å²) in [5, 5.41) is 4.90. The van der Waals surface area contributed by atoms with E-state index in [1.54, 1.807) is 14.2 Å². The topological polar surface area (TPSA) is 67.7 Å². The molecule has 0 radical (unpaired) electrons. The largest absolute Gasteiger partial charge is 0.494 e. The summed E-state index contributed by atoms with van der Waals surface area (Å²) < 4.78 is 35.0. The zero-order chi connectivity index (χ0) is 22.7. The molecule has 1 aliphatic heterocycles. The smallest absolute Gasteiger partial charge is 0.218 e. The number of nitrogens with zero attached hydrogens (tertiary/aromatic N) is 4. The van der Waals surface area contributed by atoms with Gasteiger partial charge in [0.25, 0.3) is 0 Å². The number of sulfonamides is 1. The number of benzene rings is 2. The van der Waals surface area contributed by atoms with Crippen molar-refractivity contribution in [2.24, 2.45) is 0 Å². The molecular weight excluding hydrogens is 424 g/mol. The first-order valence-electron chi connectivity index (χ1n) is 10.9. The first kappa shape index (κ1) is 22.5. The van der Waals surface area contributed by atoms with Gasteiger partial charge in [-0.15, -0.1) is 0 Å². The van der Waals surface area contributed by atoms with Crippen LogP contribution in [0.5, 0.6) is 5.75 Å². The predicted molar refractivity (Wildman–Crippen MR) is 125 cm³/mol. The maximum absolute atomic E-state index is 13.0. The van der Waals surface area contributed by atoms with Gasteiger partial charge in [0.15, 0.2) is 0 Å². The molecular formula is C24H30N4O3S. The summed E-state index contributed by atoms with van der Waals surface area (Å²) in [7, 11) is -0.196. The third-order valence-corrected chi connectivity index (χ3v) is 7.80. The van der Waals surface area contributed by atoms with Crippen LogP contribution in [-0.2, 0) is 35.3 Å². The molecule has 2 heterocycles. The molecule has 8 heteroatoms. The van der Waals surface area contributed by atoms with E-state index in [0.29, 0.717) is 0 Å². The molecule has 1 aliphatic rings. The minimum Gasteiger partial charge on any atom is -0.494 e. The Balaban J connectivity index is 1.68. The van der Waals surface area contributed by atoms with Crippen LogP contribution < -0.4 is 4.74 Å². The maximum atomic E-state index is 13.0. The van der Waals surface area contributed by atoms with E-state index in [9.17, 15) is 8.42 Å². The molecule has 0 saturated heterocycles. The van der Waals surface area contributed by atoms with Crippen molar-refractivity contribution in [3.8, 4) is 11.4 Å². The molecule has 0 spiro atoms. The van der Waals surface area contributed by atoms with Crippen molar-refractivity contribution in [3.05, 3.63) is 77.1 Å². The van der Waals surface area contributed by atoms with Gasteiger partial charge in [0.1, 0.15) is 11.4 Å². The summed E-state index contributed by atoms with van der Waals surface area (Å²) in [5.74, 6) is 0.716. The highest BCUT2D eigenvalue weighted by Crippen LogP contribution is 2.30. The molecule has 0 bridgehead atoms. The second-order valence-electron chi connectivity index (χ2n) is 8.07. The Labute approximate surface area is 190 Å². The SMILES string of the molecule is CCN1CCc2c(c(CN(C)S(=O)(=O)Cc3ccccc3)nn2-c2ccccc2OC)C1. The lowest BCUT2D eigenvalue weighted by atomic mass is 10.0. The van der Waals surface area contributed by atoms with Crippen molar-refractivity contribution >= 4 is 10.0 Å². The molecule has 170 valence electrons. The van der Waals surface area contributed by atoms with Crippen molar-refractivity contribution in [2.75, 3.05) is 27.2 Å². The highest BCUT2D eigenvalue weighted by Gasteiger charge is 2.28. The molecule has 0 unspecified atom stereocenters.